The lowest BCUT2D eigenvalue weighted by Crippen LogP contribution is -2.50. The highest BCUT2D eigenvalue weighted by atomic mass is 19.4. The fourth-order valence-electron chi connectivity index (χ4n) is 3.07. The molecule has 28 heavy (non-hydrogen) atoms. The number of benzene rings is 2. The number of nitrogens with one attached hydrogen (secondary N) is 1. The fraction of sp³-hybridized carbons (Fsp3) is 0.286. The third kappa shape index (κ3) is 5.36. The molecule has 2 aromatic rings. The molecule has 7 heteroatoms. The summed E-state index contributed by atoms with van der Waals surface area (Å²) in [6.45, 7) is 3.06. The number of alkyl halides is 3. The molecule has 2 amide bonds. The molecule has 1 saturated heterocycles. The Labute approximate surface area is 162 Å². The Balaban J connectivity index is 1.50. The van der Waals surface area contributed by atoms with Crippen molar-refractivity contribution in [3.05, 3.63) is 71.8 Å². The topological polar surface area (TPSA) is 35.6 Å². The van der Waals surface area contributed by atoms with E-state index in [2.05, 4.69) is 16.3 Å². The lowest BCUT2D eigenvalue weighted by Gasteiger charge is -2.34. The molecule has 0 unspecified atom stereocenters. The molecule has 0 atom stereocenters. The highest BCUT2D eigenvalue weighted by Gasteiger charge is 2.34. The van der Waals surface area contributed by atoms with Gasteiger partial charge in [-0.25, -0.2) is 4.79 Å². The van der Waals surface area contributed by atoms with Crippen LogP contribution in [0.5, 0.6) is 0 Å². The summed E-state index contributed by atoms with van der Waals surface area (Å²) in [7, 11) is 0. The summed E-state index contributed by atoms with van der Waals surface area (Å²) in [6, 6.07) is 14.5. The summed E-state index contributed by atoms with van der Waals surface area (Å²) in [4.78, 5) is 16.1. The number of urea groups is 1. The van der Waals surface area contributed by atoms with Crippen LogP contribution in [0.15, 0.2) is 60.7 Å². The molecular formula is C21H22F3N3O. The van der Waals surface area contributed by atoms with E-state index in [1.807, 2.05) is 36.4 Å². The largest absolute Gasteiger partial charge is 0.418 e. The predicted molar refractivity (Wildman–Crippen MR) is 104 cm³/mol. The van der Waals surface area contributed by atoms with Crippen LogP contribution in [0.1, 0.15) is 11.1 Å². The van der Waals surface area contributed by atoms with Crippen molar-refractivity contribution in [2.75, 3.05) is 38.0 Å². The van der Waals surface area contributed by atoms with E-state index in [0.29, 0.717) is 26.2 Å². The van der Waals surface area contributed by atoms with Crippen molar-refractivity contribution in [3.63, 3.8) is 0 Å². The zero-order valence-corrected chi connectivity index (χ0v) is 15.3. The van der Waals surface area contributed by atoms with E-state index in [1.165, 1.54) is 18.2 Å². The number of anilines is 1. The van der Waals surface area contributed by atoms with E-state index < -0.39 is 17.8 Å². The smallest absolute Gasteiger partial charge is 0.322 e. The number of piperazine rings is 1. The van der Waals surface area contributed by atoms with Crippen molar-refractivity contribution >= 4 is 17.8 Å². The molecule has 1 heterocycles. The monoisotopic (exact) mass is 389 g/mol. The number of halogens is 3. The van der Waals surface area contributed by atoms with Crippen LogP contribution in [0, 0.1) is 0 Å². The number of carbonyl (C=O) groups is 1. The fourth-order valence-corrected chi connectivity index (χ4v) is 3.07. The van der Waals surface area contributed by atoms with Gasteiger partial charge in [0.05, 0.1) is 11.3 Å². The number of para-hydroxylation sites is 1. The van der Waals surface area contributed by atoms with E-state index in [-0.39, 0.29) is 5.69 Å². The zero-order valence-electron chi connectivity index (χ0n) is 15.3. The number of nitrogens with zero attached hydrogens (tertiary/aromatic N) is 2. The average Bonchev–Trinajstić information content (AvgIpc) is 2.69. The Kier molecular flexibility index (Phi) is 6.36. The first kappa shape index (κ1) is 19.9. The van der Waals surface area contributed by atoms with Crippen LogP contribution in [0.25, 0.3) is 6.08 Å². The zero-order chi connectivity index (χ0) is 20.0. The van der Waals surface area contributed by atoms with Gasteiger partial charge in [0.15, 0.2) is 0 Å². The molecule has 0 spiro atoms. The minimum Gasteiger partial charge on any atom is -0.322 e. The molecule has 0 bridgehead atoms. The summed E-state index contributed by atoms with van der Waals surface area (Å²) in [5.74, 6) is 0. The van der Waals surface area contributed by atoms with Gasteiger partial charge in [0.1, 0.15) is 0 Å². The van der Waals surface area contributed by atoms with E-state index in [9.17, 15) is 18.0 Å². The van der Waals surface area contributed by atoms with E-state index in [4.69, 9.17) is 0 Å². The van der Waals surface area contributed by atoms with Crippen molar-refractivity contribution < 1.29 is 18.0 Å². The molecule has 0 radical (unpaired) electrons. The number of amides is 2. The summed E-state index contributed by atoms with van der Waals surface area (Å²) in [5.41, 5.74) is 0.0742. The molecule has 0 aliphatic carbocycles. The Morgan fingerprint density at radius 2 is 1.61 bits per heavy atom. The Morgan fingerprint density at radius 1 is 0.964 bits per heavy atom. The van der Waals surface area contributed by atoms with Gasteiger partial charge >= 0.3 is 12.2 Å². The second-order valence-corrected chi connectivity index (χ2v) is 6.57. The van der Waals surface area contributed by atoms with Crippen molar-refractivity contribution in [1.82, 2.24) is 9.80 Å². The molecular weight excluding hydrogens is 367 g/mol. The predicted octanol–water partition coefficient (Wildman–Crippen LogP) is 4.57. The molecule has 3 rings (SSSR count). The van der Waals surface area contributed by atoms with Crippen molar-refractivity contribution in [3.8, 4) is 0 Å². The van der Waals surface area contributed by atoms with Crippen molar-refractivity contribution in [2.45, 2.75) is 6.18 Å². The summed E-state index contributed by atoms with van der Waals surface area (Å²) in [5, 5.41) is 2.40. The molecule has 1 aliphatic rings. The molecule has 4 nitrogen and oxygen atoms in total. The molecule has 1 aliphatic heterocycles. The Hall–Kier alpha value is -2.80. The standard InChI is InChI=1S/C21H22F3N3O/c22-21(23,24)18-10-4-5-11-19(18)25-20(28)27-15-13-26(14-16-27)12-6-9-17-7-2-1-3-8-17/h1-11H,12-16H2,(H,25,28)/b9-6+. The Bertz CT molecular complexity index is 813. The van der Waals surface area contributed by atoms with Gasteiger partial charge in [-0.3, -0.25) is 4.90 Å². The minimum atomic E-state index is -4.51. The van der Waals surface area contributed by atoms with Gasteiger partial charge in [0, 0.05) is 32.7 Å². The third-order valence-electron chi connectivity index (χ3n) is 4.61. The molecule has 148 valence electrons. The van der Waals surface area contributed by atoms with Crippen LogP contribution in [-0.2, 0) is 6.18 Å². The first-order valence-corrected chi connectivity index (χ1v) is 9.09. The summed E-state index contributed by atoms with van der Waals surface area (Å²) < 4.78 is 39.2. The molecule has 0 aromatic heterocycles. The third-order valence-corrected chi connectivity index (χ3v) is 4.61. The van der Waals surface area contributed by atoms with Gasteiger partial charge < -0.3 is 10.2 Å². The van der Waals surface area contributed by atoms with Gasteiger partial charge in [0.25, 0.3) is 0 Å². The van der Waals surface area contributed by atoms with Crippen LogP contribution >= 0.6 is 0 Å². The van der Waals surface area contributed by atoms with Crippen LogP contribution in [0.3, 0.4) is 0 Å². The van der Waals surface area contributed by atoms with Crippen LogP contribution in [0.2, 0.25) is 0 Å². The molecule has 0 saturated carbocycles. The van der Waals surface area contributed by atoms with E-state index in [1.54, 1.807) is 4.90 Å². The minimum absolute atomic E-state index is 0.215. The van der Waals surface area contributed by atoms with Gasteiger partial charge in [-0.15, -0.1) is 0 Å². The number of hydrogen-bond donors (Lipinski definition) is 1. The second kappa shape index (κ2) is 8.93. The quantitative estimate of drug-likeness (QED) is 0.832. The van der Waals surface area contributed by atoms with Gasteiger partial charge in [0.2, 0.25) is 0 Å². The molecule has 2 aromatic carbocycles. The lowest BCUT2D eigenvalue weighted by molar-refractivity contribution is -0.136. The highest BCUT2D eigenvalue weighted by molar-refractivity contribution is 5.90. The maximum Gasteiger partial charge on any atom is 0.418 e. The Morgan fingerprint density at radius 3 is 2.29 bits per heavy atom. The van der Waals surface area contributed by atoms with Crippen LogP contribution < -0.4 is 5.32 Å². The van der Waals surface area contributed by atoms with Crippen molar-refractivity contribution in [2.24, 2.45) is 0 Å². The lowest BCUT2D eigenvalue weighted by atomic mass is 10.1. The highest BCUT2D eigenvalue weighted by Crippen LogP contribution is 2.34. The average molecular weight is 389 g/mol. The summed E-state index contributed by atoms with van der Waals surface area (Å²) in [6.07, 6.45) is -0.383. The maximum absolute atomic E-state index is 13.1. The maximum atomic E-state index is 13.1. The first-order chi connectivity index (χ1) is 13.4. The van der Waals surface area contributed by atoms with Crippen LogP contribution in [0.4, 0.5) is 23.7 Å². The number of rotatable bonds is 4. The molecule has 1 fully saturated rings. The number of hydrogen-bond acceptors (Lipinski definition) is 2. The summed E-state index contributed by atoms with van der Waals surface area (Å²) >= 11 is 0. The van der Waals surface area contributed by atoms with E-state index >= 15 is 0 Å². The van der Waals surface area contributed by atoms with Crippen molar-refractivity contribution in [1.29, 1.82) is 0 Å². The van der Waals surface area contributed by atoms with Gasteiger partial charge in [-0.1, -0.05) is 54.6 Å². The first-order valence-electron chi connectivity index (χ1n) is 9.09. The SMILES string of the molecule is O=C(Nc1ccccc1C(F)(F)F)N1CCN(C/C=C/c2ccccc2)CC1. The molecule has 1 N–H and O–H groups in total. The van der Waals surface area contributed by atoms with E-state index in [0.717, 1.165) is 18.2 Å². The van der Waals surface area contributed by atoms with Gasteiger partial charge in [-0.2, -0.15) is 13.2 Å². The second-order valence-electron chi connectivity index (χ2n) is 6.57. The normalized spacial score (nSPS) is 15.8. The van der Waals surface area contributed by atoms with Crippen LogP contribution in [-0.4, -0.2) is 48.6 Å². The van der Waals surface area contributed by atoms with Gasteiger partial charge in [-0.05, 0) is 17.7 Å². The number of carbonyl (C=O) groups excluding carboxylic acids is 1.